The Morgan fingerprint density at radius 2 is 1.55 bits per heavy atom. The van der Waals surface area contributed by atoms with Gasteiger partial charge in [-0.1, -0.05) is 71.7 Å². The summed E-state index contributed by atoms with van der Waals surface area (Å²) in [6.45, 7) is 1.52. The molecule has 0 fully saturated rings. The van der Waals surface area contributed by atoms with Crippen LogP contribution in [0.3, 0.4) is 0 Å². The van der Waals surface area contributed by atoms with Crippen molar-refractivity contribution in [3.8, 4) is 5.75 Å². The molecule has 4 rings (SSSR count). The Bertz CT molecular complexity index is 1190. The molecule has 3 aromatic carbocycles. The van der Waals surface area contributed by atoms with Gasteiger partial charge in [0.25, 0.3) is 5.91 Å². The first-order valence-corrected chi connectivity index (χ1v) is 11.4. The minimum Gasteiger partial charge on any atom is -0.484 e. The SMILES string of the molecule is O=C(COc1ccc(Cl)cc1)N(Cc1ccccc1)Cc1cccn1Cc1ccccc1Cl. The van der Waals surface area contributed by atoms with E-state index in [0.717, 1.165) is 21.8 Å². The topological polar surface area (TPSA) is 34.5 Å². The Balaban J connectivity index is 1.50. The zero-order valence-corrected chi connectivity index (χ0v) is 19.5. The average Bonchev–Trinajstić information content (AvgIpc) is 3.27. The molecule has 0 aliphatic rings. The van der Waals surface area contributed by atoms with Crippen molar-refractivity contribution in [3.05, 3.63) is 124 Å². The van der Waals surface area contributed by atoms with Crippen LogP contribution in [0, 0.1) is 0 Å². The third-order valence-electron chi connectivity index (χ3n) is 5.32. The van der Waals surface area contributed by atoms with Gasteiger partial charge >= 0.3 is 0 Å². The van der Waals surface area contributed by atoms with Crippen molar-refractivity contribution in [3.63, 3.8) is 0 Å². The predicted octanol–water partition coefficient (Wildman–Crippen LogP) is 6.45. The number of carbonyl (C=O) groups excluding carboxylic acids is 1. The van der Waals surface area contributed by atoms with Gasteiger partial charge in [-0.15, -0.1) is 0 Å². The first-order valence-electron chi connectivity index (χ1n) is 10.7. The standard InChI is InChI=1S/C27H24Cl2N2O2/c28-23-12-14-25(15-13-23)33-20-27(32)31(17-21-7-2-1-3-8-21)19-24-10-6-16-30(24)18-22-9-4-5-11-26(22)29/h1-16H,17-20H2. The van der Waals surface area contributed by atoms with Crippen molar-refractivity contribution in [2.45, 2.75) is 19.6 Å². The van der Waals surface area contributed by atoms with Crippen LogP contribution in [0.25, 0.3) is 0 Å². The molecule has 0 spiro atoms. The quantitative estimate of drug-likeness (QED) is 0.277. The van der Waals surface area contributed by atoms with Gasteiger partial charge in [0.15, 0.2) is 6.61 Å². The number of hydrogen-bond acceptors (Lipinski definition) is 2. The molecule has 0 atom stereocenters. The Morgan fingerprint density at radius 3 is 2.30 bits per heavy atom. The van der Waals surface area contributed by atoms with Crippen molar-refractivity contribution in [1.82, 2.24) is 9.47 Å². The van der Waals surface area contributed by atoms with E-state index in [1.807, 2.05) is 77.8 Å². The fourth-order valence-electron chi connectivity index (χ4n) is 3.56. The molecule has 0 unspecified atom stereocenters. The van der Waals surface area contributed by atoms with Gasteiger partial charge in [0.1, 0.15) is 5.75 Å². The van der Waals surface area contributed by atoms with E-state index >= 15 is 0 Å². The normalized spacial score (nSPS) is 10.7. The van der Waals surface area contributed by atoms with E-state index in [-0.39, 0.29) is 12.5 Å². The summed E-state index contributed by atoms with van der Waals surface area (Å²) in [5.41, 5.74) is 3.11. The number of nitrogens with zero attached hydrogens (tertiary/aromatic N) is 2. The molecule has 33 heavy (non-hydrogen) atoms. The maximum atomic E-state index is 13.2. The Hall–Kier alpha value is -3.21. The predicted molar refractivity (Wildman–Crippen MR) is 133 cm³/mol. The lowest BCUT2D eigenvalue weighted by Crippen LogP contribution is -2.34. The largest absolute Gasteiger partial charge is 0.484 e. The summed E-state index contributed by atoms with van der Waals surface area (Å²) in [4.78, 5) is 15.0. The molecule has 4 nitrogen and oxygen atoms in total. The lowest BCUT2D eigenvalue weighted by Gasteiger charge is -2.24. The summed E-state index contributed by atoms with van der Waals surface area (Å²) < 4.78 is 7.85. The molecule has 1 heterocycles. The van der Waals surface area contributed by atoms with Crippen LogP contribution in [0.5, 0.6) is 5.75 Å². The second-order valence-corrected chi connectivity index (χ2v) is 8.54. The molecule has 0 radical (unpaired) electrons. The van der Waals surface area contributed by atoms with Crippen molar-refractivity contribution in [2.75, 3.05) is 6.61 Å². The van der Waals surface area contributed by atoms with Crippen molar-refractivity contribution >= 4 is 29.1 Å². The molecule has 0 aliphatic heterocycles. The van der Waals surface area contributed by atoms with E-state index in [0.29, 0.717) is 30.4 Å². The van der Waals surface area contributed by atoms with Gasteiger partial charge in [-0.05, 0) is 53.6 Å². The molecule has 0 saturated heterocycles. The number of halogens is 2. The summed E-state index contributed by atoms with van der Waals surface area (Å²) in [6, 6.07) is 28.8. The van der Waals surface area contributed by atoms with Crippen LogP contribution in [0.15, 0.2) is 97.2 Å². The van der Waals surface area contributed by atoms with Crippen LogP contribution in [0.4, 0.5) is 0 Å². The second-order valence-electron chi connectivity index (χ2n) is 7.70. The molecule has 1 aromatic heterocycles. The molecule has 0 saturated carbocycles. The van der Waals surface area contributed by atoms with Crippen LogP contribution in [-0.4, -0.2) is 22.0 Å². The number of carbonyl (C=O) groups is 1. The van der Waals surface area contributed by atoms with Crippen LogP contribution < -0.4 is 4.74 Å². The van der Waals surface area contributed by atoms with E-state index in [1.165, 1.54) is 0 Å². The summed E-state index contributed by atoms with van der Waals surface area (Å²) in [6.07, 6.45) is 2.01. The maximum absolute atomic E-state index is 13.2. The van der Waals surface area contributed by atoms with Crippen LogP contribution in [-0.2, 0) is 24.4 Å². The summed E-state index contributed by atoms with van der Waals surface area (Å²) >= 11 is 12.3. The summed E-state index contributed by atoms with van der Waals surface area (Å²) in [5, 5.41) is 1.35. The van der Waals surface area contributed by atoms with Gasteiger partial charge in [-0.3, -0.25) is 4.79 Å². The lowest BCUT2D eigenvalue weighted by atomic mass is 10.2. The number of amides is 1. The molecular formula is C27H24Cl2N2O2. The monoisotopic (exact) mass is 478 g/mol. The van der Waals surface area contributed by atoms with Gasteiger partial charge in [0, 0.05) is 35.0 Å². The first-order chi connectivity index (χ1) is 16.1. The lowest BCUT2D eigenvalue weighted by molar-refractivity contribution is -0.134. The van der Waals surface area contributed by atoms with Crippen molar-refractivity contribution in [1.29, 1.82) is 0 Å². The molecular weight excluding hydrogens is 455 g/mol. The highest BCUT2D eigenvalue weighted by molar-refractivity contribution is 6.31. The zero-order valence-electron chi connectivity index (χ0n) is 18.0. The van der Waals surface area contributed by atoms with Crippen LogP contribution >= 0.6 is 23.2 Å². The average molecular weight is 479 g/mol. The highest BCUT2D eigenvalue weighted by Crippen LogP contribution is 2.20. The highest BCUT2D eigenvalue weighted by atomic mass is 35.5. The van der Waals surface area contributed by atoms with Gasteiger partial charge < -0.3 is 14.2 Å². The number of ether oxygens (including phenoxy) is 1. The van der Waals surface area contributed by atoms with Crippen molar-refractivity contribution in [2.24, 2.45) is 0 Å². The highest BCUT2D eigenvalue weighted by Gasteiger charge is 2.17. The van der Waals surface area contributed by atoms with E-state index in [1.54, 1.807) is 24.3 Å². The Labute approximate surface area is 203 Å². The number of rotatable bonds is 9. The number of hydrogen-bond donors (Lipinski definition) is 0. The molecule has 6 heteroatoms. The van der Waals surface area contributed by atoms with Gasteiger partial charge in [-0.2, -0.15) is 0 Å². The van der Waals surface area contributed by atoms with E-state index < -0.39 is 0 Å². The molecule has 4 aromatic rings. The number of benzene rings is 3. The van der Waals surface area contributed by atoms with Gasteiger partial charge in [0.05, 0.1) is 6.54 Å². The molecule has 0 aliphatic carbocycles. The molecule has 168 valence electrons. The fraction of sp³-hybridized carbons (Fsp3) is 0.148. The van der Waals surface area contributed by atoms with Gasteiger partial charge in [-0.25, -0.2) is 0 Å². The van der Waals surface area contributed by atoms with Crippen LogP contribution in [0.2, 0.25) is 10.0 Å². The van der Waals surface area contributed by atoms with E-state index in [9.17, 15) is 4.79 Å². The smallest absolute Gasteiger partial charge is 0.261 e. The Morgan fingerprint density at radius 1 is 0.818 bits per heavy atom. The second kappa shape index (κ2) is 11.1. The summed E-state index contributed by atoms with van der Waals surface area (Å²) in [5.74, 6) is 0.508. The third kappa shape index (κ3) is 6.41. The molecule has 0 bridgehead atoms. The fourth-order valence-corrected chi connectivity index (χ4v) is 3.88. The Kier molecular flexibility index (Phi) is 7.71. The minimum absolute atomic E-state index is 0.0559. The van der Waals surface area contributed by atoms with Crippen LogP contribution in [0.1, 0.15) is 16.8 Å². The van der Waals surface area contributed by atoms with Crippen molar-refractivity contribution < 1.29 is 9.53 Å². The minimum atomic E-state index is -0.0979. The number of aromatic nitrogens is 1. The molecule has 0 N–H and O–H groups in total. The maximum Gasteiger partial charge on any atom is 0.261 e. The van der Waals surface area contributed by atoms with Gasteiger partial charge in [0.2, 0.25) is 0 Å². The van der Waals surface area contributed by atoms with E-state index in [2.05, 4.69) is 4.57 Å². The molecule has 1 amide bonds. The third-order valence-corrected chi connectivity index (χ3v) is 5.94. The van der Waals surface area contributed by atoms with E-state index in [4.69, 9.17) is 27.9 Å². The summed E-state index contributed by atoms with van der Waals surface area (Å²) in [7, 11) is 0. The zero-order chi connectivity index (χ0) is 23.0. The first kappa shape index (κ1) is 23.0.